The summed E-state index contributed by atoms with van der Waals surface area (Å²) in [7, 11) is 0. The van der Waals surface area contributed by atoms with E-state index in [9.17, 15) is 14.4 Å². The number of aliphatic carboxylic acids is 1. The second-order valence-corrected chi connectivity index (χ2v) is 10.8. The van der Waals surface area contributed by atoms with Gasteiger partial charge in [0.1, 0.15) is 24.7 Å². The molecule has 7 nitrogen and oxygen atoms in total. The third-order valence-electron chi connectivity index (χ3n) is 7.77. The van der Waals surface area contributed by atoms with Gasteiger partial charge in [0.25, 0.3) is 0 Å². The van der Waals surface area contributed by atoms with Gasteiger partial charge in [0.15, 0.2) is 5.78 Å². The zero-order valence-electron chi connectivity index (χ0n) is 24.5. The van der Waals surface area contributed by atoms with Crippen LogP contribution in [0.25, 0.3) is 21.7 Å². The number of hydrogen-bond acceptors (Lipinski definition) is 5. The molecule has 0 bridgehead atoms. The van der Waals surface area contributed by atoms with Gasteiger partial charge in [0.05, 0.1) is 11.3 Å². The maximum Gasteiger partial charge on any atom is 0.372 e. The van der Waals surface area contributed by atoms with Crippen molar-refractivity contribution < 1.29 is 29.0 Å². The molecule has 0 atom stereocenters. The zero-order chi connectivity index (χ0) is 31.2. The van der Waals surface area contributed by atoms with Gasteiger partial charge in [-0.2, -0.15) is 0 Å². The third-order valence-corrected chi connectivity index (χ3v) is 7.77. The van der Waals surface area contributed by atoms with Crippen LogP contribution >= 0.6 is 0 Å². The second kappa shape index (κ2) is 13.3. The van der Waals surface area contributed by atoms with E-state index >= 15 is 0 Å². The van der Waals surface area contributed by atoms with Crippen molar-refractivity contribution in [1.82, 2.24) is 4.57 Å². The fourth-order valence-electron chi connectivity index (χ4n) is 5.52. The molecule has 224 valence electrons. The van der Waals surface area contributed by atoms with Crippen LogP contribution in [0.4, 0.5) is 0 Å². The Balaban J connectivity index is 1.42. The number of rotatable bonds is 13. The zero-order valence-corrected chi connectivity index (χ0v) is 24.5. The highest BCUT2D eigenvalue weighted by Crippen LogP contribution is 2.33. The smallest absolute Gasteiger partial charge is 0.372 e. The van der Waals surface area contributed by atoms with E-state index in [2.05, 4.69) is 0 Å². The molecule has 0 unspecified atom stereocenters. The number of ether oxygens (including phenoxy) is 2. The largest absolute Gasteiger partial charge is 0.489 e. The van der Waals surface area contributed by atoms with E-state index in [1.54, 1.807) is 12.1 Å². The fourth-order valence-corrected chi connectivity index (χ4v) is 5.52. The van der Waals surface area contributed by atoms with Crippen LogP contribution in [0.3, 0.4) is 0 Å². The number of carboxylic acids is 1. The van der Waals surface area contributed by atoms with Gasteiger partial charge in [-0.1, -0.05) is 91.0 Å². The lowest BCUT2D eigenvalue weighted by Crippen LogP contribution is -2.15. The van der Waals surface area contributed by atoms with E-state index < -0.39 is 11.8 Å². The minimum absolute atomic E-state index is 0.0774. The summed E-state index contributed by atoms with van der Waals surface area (Å²) in [5, 5.41) is 11.9. The first-order valence-electron chi connectivity index (χ1n) is 14.8. The predicted octanol–water partition coefficient (Wildman–Crippen LogP) is 7.62. The molecule has 1 aromatic heterocycles. The van der Waals surface area contributed by atoms with Crippen molar-refractivity contribution in [3.05, 3.63) is 144 Å². The lowest BCUT2D eigenvalue weighted by molar-refractivity contribution is -0.149. The van der Waals surface area contributed by atoms with Gasteiger partial charge in [0.2, 0.25) is 5.78 Å². The Morgan fingerprint density at radius 3 is 2.07 bits per heavy atom. The molecule has 1 heterocycles. The van der Waals surface area contributed by atoms with Crippen molar-refractivity contribution in [3.63, 3.8) is 0 Å². The predicted molar refractivity (Wildman–Crippen MR) is 173 cm³/mol. The van der Waals surface area contributed by atoms with Crippen LogP contribution in [-0.4, -0.2) is 27.2 Å². The first-order valence-corrected chi connectivity index (χ1v) is 14.8. The molecule has 0 aliphatic rings. The summed E-state index contributed by atoms with van der Waals surface area (Å²) in [6.07, 6.45) is 0.156. The van der Waals surface area contributed by atoms with Crippen LogP contribution < -0.4 is 9.47 Å². The third kappa shape index (κ3) is 6.63. The quantitative estimate of drug-likeness (QED) is 0.109. The lowest BCUT2D eigenvalue weighted by atomic mass is 10.00. The Morgan fingerprint density at radius 1 is 0.667 bits per heavy atom. The Bertz CT molecular complexity index is 2000. The normalized spacial score (nSPS) is 11.0. The molecule has 0 fully saturated rings. The van der Waals surface area contributed by atoms with Crippen molar-refractivity contribution in [3.8, 4) is 11.5 Å². The molecular weight excluding hydrogens is 566 g/mol. The van der Waals surface area contributed by atoms with Crippen LogP contribution in [0.15, 0.2) is 121 Å². The molecule has 5 aromatic carbocycles. The molecule has 0 aliphatic heterocycles. The highest BCUT2D eigenvalue weighted by atomic mass is 16.5. The highest BCUT2D eigenvalue weighted by Gasteiger charge is 2.25. The van der Waals surface area contributed by atoms with Crippen molar-refractivity contribution in [1.29, 1.82) is 0 Å². The average Bonchev–Trinajstić information content (AvgIpc) is 3.38. The van der Waals surface area contributed by atoms with Gasteiger partial charge in [-0.15, -0.1) is 0 Å². The van der Waals surface area contributed by atoms with Gasteiger partial charge >= 0.3 is 5.97 Å². The van der Waals surface area contributed by atoms with Gasteiger partial charge < -0.3 is 19.1 Å². The van der Waals surface area contributed by atoms with E-state index in [1.165, 1.54) is 0 Å². The number of aryl methyl sites for hydroxylation is 1. The number of ketones is 2. The number of hydrogen-bond donors (Lipinski definition) is 1. The number of carbonyl (C=O) groups excluding carboxylic acids is 2. The van der Waals surface area contributed by atoms with E-state index in [4.69, 9.17) is 14.6 Å². The summed E-state index contributed by atoms with van der Waals surface area (Å²) < 4.78 is 14.4. The van der Waals surface area contributed by atoms with Crippen LogP contribution in [0, 0.1) is 0 Å². The van der Waals surface area contributed by atoms with E-state index in [-0.39, 0.29) is 25.2 Å². The van der Waals surface area contributed by atoms with E-state index in [0.29, 0.717) is 46.9 Å². The molecule has 6 aromatic rings. The van der Waals surface area contributed by atoms with Gasteiger partial charge in [-0.25, -0.2) is 4.79 Å². The summed E-state index contributed by atoms with van der Waals surface area (Å²) in [6.45, 7) is 0.760. The minimum Gasteiger partial charge on any atom is -0.489 e. The molecular formula is C38H31NO6. The molecule has 45 heavy (non-hydrogen) atoms. The average molecular weight is 598 g/mol. The van der Waals surface area contributed by atoms with Crippen LogP contribution in [-0.2, 0) is 29.3 Å². The number of carboxylic acid groups (broad SMARTS) is 1. The number of fused-ring (bicyclic) bond motifs is 2. The number of Topliss-reactive ketones (excluding diaryl/α,β-unsaturated/α-hetero) is 1. The van der Waals surface area contributed by atoms with Crippen molar-refractivity contribution in [2.24, 2.45) is 0 Å². The Kier molecular flexibility index (Phi) is 8.69. The number of carbonyl (C=O) groups is 3. The van der Waals surface area contributed by atoms with Crippen molar-refractivity contribution >= 4 is 39.2 Å². The van der Waals surface area contributed by atoms with Crippen LogP contribution in [0.5, 0.6) is 11.5 Å². The summed E-state index contributed by atoms with van der Waals surface area (Å²) in [6, 6.07) is 38.4. The first-order chi connectivity index (χ1) is 22.0. The van der Waals surface area contributed by atoms with Crippen molar-refractivity contribution in [2.75, 3.05) is 0 Å². The van der Waals surface area contributed by atoms with Gasteiger partial charge in [0, 0.05) is 29.4 Å². The lowest BCUT2D eigenvalue weighted by Gasteiger charge is -2.14. The molecule has 0 amide bonds. The summed E-state index contributed by atoms with van der Waals surface area (Å²) in [5.41, 5.74) is 3.42. The summed E-state index contributed by atoms with van der Waals surface area (Å²) in [4.78, 5) is 37.3. The summed E-state index contributed by atoms with van der Waals surface area (Å²) >= 11 is 0. The van der Waals surface area contributed by atoms with Crippen molar-refractivity contribution in [2.45, 2.75) is 32.6 Å². The fraction of sp³-hybridized carbons (Fsp3) is 0.132. The number of benzene rings is 5. The van der Waals surface area contributed by atoms with Gasteiger partial charge in [-0.3, -0.25) is 9.59 Å². The topological polar surface area (TPSA) is 94.8 Å². The van der Waals surface area contributed by atoms with E-state index in [1.807, 2.05) is 114 Å². The maximum absolute atomic E-state index is 14.2. The minimum atomic E-state index is -1.45. The van der Waals surface area contributed by atoms with Gasteiger partial charge in [-0.05, 0) is 53.1 Å². The molecule has 7 heteroatoms. The molecule has 6 rings (SSSR count). The summed E-state index contributed by atoms with van der Waals surface area (Å²) in [5.74, 6) is -1.21. The number of aromatic nitrogens is 1. The Morgan fingerprint density at radius 2 is 1.31 bits per heavy atom. The highest BCUT2D eigenvalue weighted by molar-refractivity contribution is 6.32. The molecule has 0 saturated heterocycles. The maximum atomic E-state index is 14.2. The monoisotopic (exact) mass is 597 g/mol. The molecule has 0 radical (unpaired) electrons. The first kappa shape index (κ1) is 29.4. The number of nitrogens with zero attached hydrogens (tertiary/aromatic N) is 1. The molecule has 0 saturated carbocycles. The molecule has 0 aliphatic carbocycles. The Labute approximate surface area is 260 Å². The van der Waals surface area contributed by atoms with Crippen LogP contribution in [0.2, 0.25) is 0 Å². The van der Waals surface area contributed by atoms with Crippen LogP contribution in [0.1, 0.15) is 40.0 Å². The molecule has 0 spiro atoms. The second-order valence-electron chi connectivity index (χ2n) is 10.8. The molecule has 1 N–H and O–H groups in total. The standard InChI is InChI=1S/C38H31NO6/c40-35(38(42)43)16-9-21-39-33-20-19-31(44-24-26-10-3-1-4-11-26)23-32(33)36(37(41)28-13-5-2-6-14-28)34(39)25-45-30-18-17-27-12-7-8-15-29(27)22-30/h1-8,10-15,17-20,22-23H,9,16,21,24-25H2,(H,42,43). The SMILES string of the molecule is O=C(O)C(=O)CCCn1c(COc2ccc3ccccc3c2)c(C(=O)c2ccccc2)c2cc(OCc3ccccc3)ccc21. The van der Waals surface area contributed by atoms with E-state index in [0.717, 1.165) is 21.9 Å². The Hall–Kier alpha value is -5.69.